The predicted molar refractivity (Wildman–Crippen MR) is 127 cm³/mol. The minimum atomic E-state index is -3.67. The van der Waals surface area contributed by atoms with E-state index in [1.807, 2.05) is 26.0 Å². The van der Waals surface area contributed by atoms with Crippen molar-refractivity contribution in [3.63, 3.8) is 0 Å². The lowest BCUT2D eigenvalue weighted by Crippen LogP contribution is -2.35. The molecule has 0 aliphatic carbocycles. The van der Waals surface area contributed by atoms with E-state index in [9.17, 15) is 13.2 Å². The molecule has 4 rings (SSSR count). The fraction of sp³-hybridized carbons (Fsp3) is 0.458. The van der Waals surface area contributed by atoms with Gasteiger partial charge in [-0.3, -0.25) is 4.79 Å². The van der Waals surface area contributed by atoms with Crippen LogP contribution >= 0.6 is 11.6 Å². The fourth-order valence-electron chi connectivity index (χ4n) is 4.27. The van der Waals surface area contributed by atoms with E-state index in [4.69, 9.17) is 21.1 Å². The number of halogens is 1. The van der Waals surface area contributed by atoms with Crippen molar-refractivity contribution in [2.75, 3.05) is 19.7 Å². The van der Waals surface area contributed by atoms with E-state index >= 15 is 0 Å². The molecule has 2 heterocycles. The second-order valence-electron chi connectivity index (χ2n) is 8.42. The number of ether oxygens (including phenoxy) is 2. The number of sulfonamides is 1. The molecule has 2 aromatic carbocycles. The fourth-order valence-corrected chi connectivity index (χ4v) is 6.02. The van der Waals surface area contributed by atoms with Gasteiger partial charge < -0.3 is 14.8 Å². The number of carbonyl (C=O) groups excluding carboxylic acids is 1. The van der Waals surface area contributed by atoms with Crippen LogP contribution in [0.3, 0.4) is 0 Å². The molecule has 0 unspecified atom stereocenters. The third-order valence-electron chi connectivity index (χ3n) is 5.95. The Hall–Kier alpha value is -2.29. The summed E-state index contributed by atoms with van der Waals surface area (Å²) in [4.78, 5) is 13.1. The second-order valence-corrected chi connectivity index (χ2v) is 10.8. The van der Waals surface area contributed by atoms with Gasteiger partial charge in [0.25, 0.3) is 5.91 Å². The highest BCUT2D eigenvalue weighted by molar-refractivity contribution is 7.89. The maximum Gasteiger partial charge on any atom is 0.253 e. The van der Waals surface area contributed by atoms with Gasteiger partial charge in [-0.05, 0) is 57.0 Å². The zero-order valence-corrected chi connectivity index (χ0v) is 20.5. The highest BCUT2D eigenvalue weighted by atomic mass is 35.5. The van der Waals surface area contributed by atoms with Crippen LogP contribution in [0.4, 0.5) is 0 Å². The van der Waals surface area contributed by atoms with Crippen LogP contribution in [0.2, 0.25) is 5.02 Å². The van der Waals surface area contributed by atoms with Gasteiger partial charge in [0.1, 0.15) is 17.6 Å². The van der Waals surface area contributed by atoms with Gasteiger partial charge in [-0.1, -0.05) is 18.0 Å². The van der Waals surface area contributed by atoms with Crippen molar-refractivity contribution in [3.05, 3.63) is 52.0 Å². The van der Waals surface area contributed by atoms with E-state index in [0.717, 1.165) is 42.6 Å². The Kier molecular flexibility index (Phi) is 7.16. The molecule has 178 valence electrons. The Morgan fingerprint density at radius 1 is 1.21 bits per heavy atom. The number of hydrogen-bond acceptors (Lipinski definition) is 5. The first-order valence-electron chi connectivity index (χ1n) is 11.3. The zero-order chi connectivity index (χ0) is 23.6. The molecule has 33 heavy (non-hydrogen) atoms. The Morgan fingerprint density at radius 2 is 1.97 bits per heavy atom. The number of nitrogens with one attached hydrogen (secondary N) is 1. The second kappa shape index (κ2) is 9.91. The Balaban J connectivity index is 1.54. The van der Waals surface area contributed by atoms with Crippen molar-refractivity contribution in [2.24, 2.45) is 0 Å². The van der Waals surface area contributed by atoms with E-state index in [2.05, 4.69) is 5.32 Å². The van der Waals surface area contributed by atoms with Gasteiger partial charge in [0.15, 0.2) is 0 Å². The maximum atomic E-state index is 13.0. The molecule has 7 nitrogen and oxygen atoms in total. The molecular weight excluding hydrogens is 464 g/mol. The van der Waals surface area contributed by atoms with Crippen LogP contribution in [0.1, 0.15) is 54.6 Å². The average Bonchev–Trinajstić information content (AvgIpc) is 3.17. The number of benzene rings is 2. The van der Waals surface area contributed by atoms with E-state index in [1.54, 1.807) is 0 Å². The van der Waals surface area contributed by atoms with E-state index < -0.39 is 15.9 Å². The topological polar surface area (TPSA) is 84.9 Å². The van der Waals surface area contributed by atoms with Crippen molar-refractivity contribution >= 4 is 27.5 Å². The molecule has 0 spiro atoms. The minimum absolute atomic E-state index is 0.0777. The number of fused-ring (bicyclic) bond motifs is 1. The van der Waals surface area contributed by atoms with Gasteiger partial charge in [-0.2, -0.15) is 4.31 Å². The number of rotatable bonds is 7. The lowest BCUT2D eigenvalue weighted by molar-refractivity contribution is 0.0950. The summed E-state index contributed by atoms with van der Waals surface area (Å²) in [6, 6.07) is 8.13. The standard InChI is InChI=1S/C24H29ClN2O5S/c1-3-31-22-12-17-11-16(2)32-23(17)13-18(22)15-26-24(28)20-14-19(7-8-21(20)25)33(29,30)27-9-5-4-6-10-27/h7-8,12-14,16H,3-6,9-11,15H2,1-2H3,(H,26,28)/t16-/m0/s1. The van der Waals surface area contributed by atoms with Crippen LogP contribution < -0.4 is 14.8 Å². The maximum absolute atomic E-state index is 13.0. The number of piperidine rings is 1. The lowest BCUT2D eigenvalue weighted by atomic mass is 10.1. The Bertz CT molecular complexity index is 1150. The third-order valence-corrected chi connectivity index (χ3v) is 8.18. The van der Waals surface area contributed by atoms with Crippen LogP contribution in [0.15, 0.2) is 35.2 Å². The molecule has 1 atom stereocenters. The van der Waals surface area contributed by atoms with Crippen molar-refractivity contribution < 1.29 is 22.7 Å². The minimum Gasteiger partial charge on any atom is -0.494 e. The largest absolute Gasteiger partial charge is 0.494 e. The molecule has 2 aliphatic rings. The molecule has 0 saturated carbocycles. The first-order valence-corrected chi connectivity index (χ1v) is 13.1. The van der Waals surface area contributed by atoms with Crippen LogP contribution in [0.25, 0.3) is 0 Å². The molecular formula is C24H29ClN2O5S. The van der Waals surface area contributed by atoms with Gasteiger partial charge in [0.2, 0.25) is 10.0 Å². The molecule has 1 saturated heterocycles. The summed E-state index contributed by atoms with van der Waals surface area (Å²) >= 11 is 6.27. The normalized spacial score (nSPS) is 18.5. The summed E-state index contributed by atoms with van der Waals surface area (Å²) in [6.45, 7) is 5.59. The summed E-state index contributed by atoms with van der Waals surface area (Å²) in [6.07, 6.45) is 3.62. The molecule has 2 aliphatic heterocycles. The van der Waals surface area contributed by atoms with E-state index in [0.29, 0.717) is 25.4 Å². The first kappa shape index (κ1) is 23.9. The third kappa shape index (κ3) is 5.13. The number of nitrogens with zero attached hydrogens (tertiary/aromatic N) is 1. The average molecular weight is 493 g/mol. The molecule has 9 heteroatoms. The van der Waals surface area contributed by atoms with Crippen molar-refractivity contribution in [2.45, 2.75) is 57.1 Å². The van der Waals surface area contributed by atoms with Gasteiger partial charge in [-0.25, -0.2) is 8.42 Å². The molecule has 1 amide bonds. The van der Waals surface area contributed by atoms with Crippen molar-refractivity contribution in [3.8, 4) is 11.5 Å². The van der Waals surface area contributed by atoms with Crippen molar-refractivity contribution in [1.29, 1.82) is 0 Å². The molecule has 0 aromatic heterocycles. The molecule has 0 bridgehead atoms. The summed E-state index contributed by atoms with van der Waals surface area (Å²) in [7, 11) is -3.67. The van der Waals surface area contributed by atoms with Crippen LogP contribution in [0.5, 0.6) is 11.5 Å². The van der Waals surface area contributed by atoms with Gasteiger partial charge in [-0.15, -0.1) is 0 Å². The quantitative estimate of drug-likeness (QED) is 0.627. The zero-order valence-electron chi connectivity index (χ0n) is 18.9. The van der Waals surface area contributed by atoms with E-state index in [1.165, 1.54) is 22.5 Å². The van der Waals surface area contributed by atoms with Gasteiger partial charge >= 0.3 is 0 Å². The van der Waals surface area contributed by atoms with Crippen LogP contribution in [-0.2, 0) is 23.0 Å². The lowest BCUT2D eigenvalue weighted by Gasteiger charge is -2.26. The number of hydrogen-bond donors (Lipinski definition) is 1. The Labute approximate surface area is 200 Å². The first-order chi connectivity index (χ1) is 15.8. The molecule has 2 aromatic rings. The van der Waals surface area contributed by atoms with E-state index in [-0.39, 0.29) is 28.1 Å². The number of carbonyl (C=O) groups is 1. The Morgan fingerprint density at radius 3 is 2.70 bits per heavy atom. The highest BCUT2D eigenvalue weighted by Gasteiger charge is 2.27. The van der Waals surface area contributed by atoms with Crippen LogP contribution in [-0.4, -0.2) is 44.4 Å². The van der Waals surface area contributed by atoms with Crippen molar-refractivity contribution in [1.82, 2.24) is 9.62 Å². The smallest absolute Gasteiger partial charge is 0.253 e. The predicted octanol–water partition coefficient (Wildman–Crippen LogP) is 4.17. The summed E-state index contributed by atoms with van der Waals surface area (Å²) in [5.74, 6) is 1.04. The SMILES string of the molecule is CCOc1cc2c(cc1CNC(=O)c1cc(S(=O)(=O)N3CCCCC3)ccc1Cl)O[C@@H](C)C2. The van der Waals surface area contributed by atoms with Gasteiger partial charge in [0.05, 0.1) is 22.1 Å². The highest BCUT2D eigenvalue weighted by Crippen LogP contribution is 2.35. The molecule has 0 radical (unpaired) electrons. The summed E-state index contributed by atoms with van der Waals surface area (Å²) in [5.41, 5.74) is 1.99. The molecule has 1 N–H and O–H groups in total. The summed E-state index contributed by atoms with van der Waals surface area (Å²) in [5, 5.41) is 3.04. The number of amides is 1. The summed E-state index contributed by atoms with van der Waals surface area (Å²) < 4.78 is 39.1. The monoisotopic (exact) mass is 492 g/mol. The molecule has 1 fully saturated rings. The van der Waals surface area contributed by atoms with Gasteiger partial charge in [0, 0.05) is 37.2 Å². The van der Waals surface area contributed by atoms with Crippen LogP contribution in [0, 0.1) is 0 Å².